The Kier molecular flexibility index (Phi) is 8.91. The van der Waals surface area contributed by atoms with Crippen molar-refractivity contribution in [3.05, 3.63) is 23.8 Å². The van der Waals surface area contributed by atoms with Crippen molar-refractivity contribution in [3.8, 4) is 11.5 Å². The summed E-state index contributed by atoms with van der Waals surface area (Å²) in [7, 11) is 0. The summed E-state index contributed by atoms with van der Waals surface area (Å²) in [5.41, 5.74) is 1.24. The molecular weight excluding hydrogens is 262 g/mol. The largest absolute Gasteiger partial charge is 0.490 e. The Morgan fingerprint density at radius 1 is 1.05 bits per heavy atom. The van der Waals surface area contributed by atoms with Crippen LogP contribution in [-0.4, -0.2) is 19.8 Å². The van der Waals surface area contributed by atoms with Gasteiger partial charge < -0.3 is 14.8 Å². The second-order valence-electron chi connectivity index (χ2n) is 5.79. The zero-order valence-electron chi connectivity index (χ0n) is 14.1. The van der Waals surface area contributed by atoms with Gasteiger partial charge in [0.05, 0.1) is 13.2 Å². The van der Waals surface area contributed by atoms with Crippen molar-refractivity contribution in [3.63, 3.8) is 0 Å². The molecule has 1 aromatic rings. The monoisotopic (exact) mass is 293 g/mol. The number of benzene rings is 1. The molecule has 0 bridgehead atoms. The molecule has 0 saturated carbocycles. The summed E-state index contributed by atoms with van der Waals surface area (Å²) in [4.78, 5) is 0. The van der Waals surface area contributed by atoms with Crippen molar-refractivity contribution in [1.29, 1.82) is 0 Å². The third kappa shape index (κ3) is 7.37. The van der Waals surface area contributed by atoms with Gasteiger partial charge in [-0.15, -0.1) is 0 Å². The zero-order chi connectivity index (χ0) is 15.5. The number of ether oxygens (including phenoxy) is 2. The molecule has 0 spiro atoms. The molecule has 1 rings (SSSR count). The van der Waals surface area contributed by atoms with Gasteiger partial charge in [-0.25, -0.2) is 0 Å². The predicted molar refractivity (Wildman–Crippen MR) is 89.2 cm³/mol. The Morgan fingerprint density at radius 2 is 1.86 bits per heavy atom. The Morgan fingerprint density at radius 3 is 2.52 bits per heavy atom. The molecule has 0 amide bonds. The minimum Gasteiger partial charge on any atom is -0.490 e. The first-order valence-corrected chi connectivity index (χ1v) is 8.26. The van der Waals surface area contributed by atoms with Gasteiger partial charge in [0.15, 0.2) is 11.5 Å². The Labute approximate surface area is 130 Å². The van der Waals surface area contributed by atoms with Crippen molar-refractivity contribution < 1.29 is 9.47 Å². The van der Waals surface area contributed by atoms with Crippen molar-refractivity contribution in [2.45, 2.75) is 53.5 Å². The van der Waals surface area contributed by atoms with Crippen molar-refractivity contribution in [1.82, 2.24) is 5.32 Å². The molecule has 0 aromatic heterocycles. The highest BCUT2D eigenvalue weighted by Gasteiger charge is 2.06. The fraction of sp³-hybridized carbons (Fsp3) is 0.667. The maximum Gasteiger partial charge on any atom is 0.161 e. The number of hydrogen-bond donors (Lipinski definition) is 1. The highest BCUT2D eigenvalue weighted by atomic mass is 16.5. The lowest BCUT2D eigenvalue weighted by molar-refractivity contribution is 0.271. The number of unbranched alkanes of at least 4 members (excludes halogenated alkanes) is 2. The van der Waals surface area contributed by atoms with Crippen LogP contribution in [0.1, 0.15) is 52.5 Å². The molecule has 0 fully saturated rings. The third-order valence-corrected chi connectivity index (χ3v) is 3.20. The average molecular weight is 293 g/mol. The molecular formula is C18H31NO2. The Bertz CT molecular complexity index is 391. The van der Waals surface area contributed by atoms with E-state index in [2.05, 4.69) is 38.2 Å². The molecule has 1 aromatic carbocycles. The summed E-state index contributed by atoms with van der Waals surface area (Å²) in [5, 5.41) is 3.45. The molecule has 0 unspecified atom stereocenters. The van der Waals surface area contributed by atoms with Crippen LogP contribution in [0.15, 0.2) is 18.2 Å². The maximum atomic E-state index is 5.84. The minimum atomic E-state index is 0.661. The summed E-state index contributed by atoms with van der Waals surface area (Å²) in [6.07, 6.45) is 3.52. The lowest BCUT2D eigenvalue weighted by Crippen LogP contribution is -2.19. The lowest BCUT2D eigenvalue weighted by Gasteiger charge is -2.14. The molecule has 0 radical (unpaired) electrons. The highest BCUT2D eigenvalue weighted by molar-refractivity contribution is 5.43. The van der Waals surface area contributed by atoms with E-state index in [1.165, 1.54) is 18.4 Å². The first-order chi connectivity index (χ1) is 10.2. The summed E-state index contributed by atoms with van der Waals surface area (Å²) in [5.74, 6) is 2.39. The lowest BCUT2D eigenvalue weighted by atomic mass is 10.1. The first kappa shape index (κ1) is 17.8. The molecule has 0 aliphatic heterocycles. The number of nitrogens with one attached hydrogen (secondary N) is 1. The van der Waals surface area contributed by atoms with E-state index in [4.69, 9.17) is 9.47 Å². The molecule has 3 heteroatoms. The summed E-state index contributed by atoms with van der Waals surface area (Å²) in [6.45, 7) is 12.0. The smallest absolute Gasteiger partial charge is 0.161 e. The zero-order valence-corrected chi connectivity index (χ0v) is 14.1. The average Bonchev–Trinajstić information content (AvgIpc) is 2.45. The SMILES string of the molecule is CCCCCOc1ccc(CNCC(C)C)cc1OCC. The predicted octanol–water partition coefficient (Wildman–Crippen LogP) is 4.40. The van der Waals surface area contributed by atoms with Crippen LogP contribution in [-0.2, 0) is 6.54 Å². The quantitative estimate of drug-likeness (QED) is 0.613. The van der Waals surface area contributed by atoms with Crippen LogP contribution >= 0.6 is 0 Å². The second kappa shape index (κ2) is 10.5. The second-order valence-corrected chi connectivity index (χ2v) is 5.79. The van der Waals surface area contributed by atoms with E-state index in [0.717, 1.165) is 37.6 Å². The third-order valence-electron chi connectivity index (χ3n) is 3.20. The van der Waals surface area contributed by atoms with Gasteiger partial charge in [0.2, 0.25) is 0 Å². The molecule has 0 saturated heterocycles. The summed E-state index contributed by atoms with van der Waals surface area (Å²) >= 11 is 0. The Hall–Kier alpha value is -1.22. The maximum absolute atomic E-state index is 5.84. The van der Waals surface area contributed by atoms with E-state index in [1.54, 1.807) is 0 Å². The fourth-order valence-electron chi connectivity index (χ4n) is 2.09. The summed E-state index contributed by atoms with van der Waals surface area (Å²) in [6, 6.07) is 6.24. The van der Waals surface area contributed by atoms with E-state index < -0.39 is 0 Å². The molecule has 3 nitrogen and oxygen atoms in total. The van der Waals surface area contributed by atoms with Gasteiger partial charge in [-0.05, 0) is 43.5 Å². The number of hydrogen-bond acceptors (Lipinski definition) is 3. The van der Waals surface area contributed by atoms with Crippen LogP contribution in [0, 0.1) is 5.92 Å². The van der Waals surface area contributed by atoms with E-state index in [0.29, 0.717) is 12.5 Å². The summed E-state index contributed by atoms with van der Waals surface area (Å²) < 4.78 is 11.6. The van der Waals surface area contributed by atoms with Crippen molar-refractivity contribution >= 4 is 0 Å². The van der Waals surface area contributed by atoms with Gasteiger partial charge in [0, 0.05) is 6.54 Å². The van der Waals surface area contributed by atoms with Crippen LogP contribution < -0.4 is 14.8 Å². The minimum absolute atomic E-state index is 0.661. The van der Waals surface area contributed by atoms with Gasteiger partial charge in [-0.1, -0.05) is 39.7 Å². The molecule has 1 N–H and O–H groups in total. The standard InChI is InChI=1S/C18H31NO2/c1-5-7-8-11-21-17-10-9-16(12-18(17)20-6-2)14-19-13-15(3)4/h9-10,12,15,19H,5-8,11,13-14H2,1-4H3. The van der Waals surface area contributed by atoms with Crippen LogP contribution in [0.5, 0.6) is 11.5 Å². The van der Waals surface area contributed by atoms with Crippen molar-refractivity contribution in [2.24, 2.45) is 5.92 Å². The van der Waals surface area contributed by atoms with Crippen LogP contribution in [0.2, 0.25) is 0 Å². The molecule has 0 heterocycles. The number of rotatable bonds is 11. The van der Waals surface area contributed by atoms with Gasteiger partial charge in [-0.3, -0.25) is 0 Å². The highest BCUT2D eigenvalue weighted by Crippen LogP contribution is 2.28. The van der Waals surface area contributed by atoms with Gasteiger partial charge in [-0.2, -0.15) is 0 Å². The van der Waals surface area contributed by atoms with E-state index >= 15 is 0 Å². The molecule has 0 atom stereocenters. The van der Waals surface area contributed by atoms with Crippen molar-refractivity contribution in [2.75, 3.05) is 19.8 Å². The van der Waals surface area contributed by atoms with E-state index in [-0.39, 0.29) is 0 Å². The van der Waals surface area contributed by atoms with Gasteiger partial charge in [0.25, 0.3) is 0 Å². The first-order valence-electron chi connectivity index (χ1n) is 8.26. The van der Waals surface area contributed by atoms with Crippen LogP contribution in [0.4, 0.5) is 0 Å². The molecule has 21 heavy (non-hydrogen) atoms. The normalized spacial score (nSPS) is 10.9. The fourth-order valence-corrected chi connectivity index (χ4v) is 2.09. The van der Waals surface area contributed by atoms with E-state index in [1.807, 2.05) is 13.0 Å². The topological polar surface area (TPSA) is 30.5 Å². The molecule has 120 valence electrons. The van der Waals surface area contributed by atoms with Crippen LogP contribution in [0.25, 0.3) is 0 Å². The molecule has 0 aliphatic carbocycles. The Balaban J connectivity index is 2.58. The van der Waals surface area contributed by atoms with E-state index in [9.17, 15) is 0 Å². The molecule has 0 aliphatic rings. The van der Waals surface area contributed by atoms with Crippen LogP contribution in [0.3, 0.4) is 0 Å². The van der Waals surface area contributed by atoms with Gasteiger partial charge >= 0.3 is 0 Å². The van der Waals surface area contributed by atoms with Gasteiger partial charge in [0.1, 0.15) is 0 Å².